The second-order valence-electron chi connectivity index (χ2n) is 6.45. The summed E-state index contributed by atoms with van der Waals surface area (Å²) in [5.74, 6) is 1.77. The van der Waals surface area contributed by atoms with Crippen molar-refractivity contribution in [3.63, 3.8) is 0 Å². The van der Waals surface area contributed by atoms with E-state index in [1.54, 1.807) is 4.90 Å². The maximum Gasteiger partial charge on any atom is 0.276 e. The maximum atomic E-state index is 12.4. The highest BCUT2D eigenvalue weighted by molar-refractivity contribution is 5.92. The maximum absolute atomic E-state index is 12.4. The van der Waals surface area contributed by atoms with Gasteiger partial charge < -0.3 is 19.5 Å². The summed E-state index contributed by atoms with van der Waals surface area (Å²) in [6.07, 6.45) is 2.01. The lowest BCUT2D eigenvalue weighted by Gasteiger charge is -2.24. The van der Waals surface area contributed by atoms with Crippen LogP contribution in [0.15, 0.2) is 15.1 Å². The number of rotatable bonds is 2. The zero-order chi connectivity index (χ0) is 15.9. The number of amides is 1. The Morgan fingerprint density at radius 1 is 1.39 bits per heavy atom. The molecule has 1 aliphatic rings. The number of fused-ring (bicyclic) bond motifs is 1. The molecule has 0 atom stereocenters. The normalized spacial score (nSPS) is 14.3. The molecule has 3 rings (SSSR count). The Balaban J connectivity index is 0.00000192. The van der Waals surface area contributed by atoms with Crippen molar-refractivity contribution in [2.24, 2.45) is 5.73 Å². The van der Waals surface area contributed by atoms with E-state index in [2.05, 4.69) is 30.7 Å². The molecule has 3 heterocycles. The summed E-state index contributed by atoms with van der Waals surface area (Å²) in [4.78, 5) is 22.8. The van der Waals surface area contributed by atoms with Gasteiger partial charge in [0.15, 0.2) is 11.6 Å². The summed E-state index contributed by atoms with van der Waals surface area (Å²) in [5, 5.41) is 0. The van der Waals surface area contributed by atoms with Gasteiger partial charge in [0, 0.05) is 18.4 Å². The van der Waals surface area contributed by atoms with Crippen LogP contribution < -0.4 is 5.73 Å². The van der Waals surface area contributed by atoms with Gasteiger partial charge in [-0.05, 0) is 0 Å². The zero-order valence-corrected chi connectivity index (χ0v) is 14.3. The summed E-state index contributed by atoms with van der Waals surface area (Å²) in [6.45, 7) is 7.34. The van der Waals surface area contributed by atoms with Crippen LogP contribution in [0.1, 0.15) is 54.5 Å². The van der Waals surface area contributed by atoms with Crippen molar-refractivity contribution in [1.29, 1.82) is 0 Å². The average molecular weight is 341 g/mol. The molecular weight excluding hydrogens is 320 g/mol. The van der Waals surface area contributed by atoms with Crippen LogP contribution in [-0.4, -0.2) is 27.3 Å². The molecule has 0 fully saturated rings. The molecule has 0 bridgehead atoms. The van der Waals surface area contributed by atoms with Gasteiger partial charge in [0.1, 0.15) is 17.7 Å². The Kier molecular flexibility index (Phi) is 4.81. The van der Waals surface area contributed by atoms with Gasteiger partial charge in [0.25, 0.3) is 5.91 Å². The smallest absolute Gasteiger partial charge is 0.276 e. The Morgan fingerprint density at radius 2 is 2.13 bits per heavy atom. The molecule has 2 aromatic heterocycles. The number of oxazole rings is 2. The molecule has 126 valence electrons. The number of nitrogens with zero attached hydrogens (tertiary/aromatic N) is 3. The molecule has 23 heavy (non-hydrogen) atoms. The minimum atomic E-state index is -0.172. The highest BCUT2D eigenvalue weighted by Crippen LogP contribution is 2.27. The first-order valence-corrected chi connectivity index (χ1v) is 7.31. The minimum absolute atomic E-state index is 0. The third kappa shape index (κ3) is 3.40. The molecule has 2 N–H and O–H groups in total. The largest absolute Gasteiger partial charge is 0.447 e. The Labute approximate surface area is 140 Å². The molecule has 0 spiro atoms. The number of nitrogens with two attached hydrogens (primary N) is 1. The van der Waals surface area contributed by atoms with Crippen LogP contribution in [0.5, 0.6) is 0 Å². The van der Waals surface area contributed by atoms with E-state index in [4.69, 9.17) is 14.6 Å². The molecule has 0 saturated heterocycles. The lowest BCUT2D eigenvalue weighted by atomic mass is 9.97. The molecule has 7 nitrogen and oxygen atoms in total. The number of hydrogen-bond acceptors (Lipinski definition) is 6. The highest BCUT2D eigenvalue weighted by Gasteiger charge is 2.30. The molecular formula is C15H21ClN4O3. The van der Waals surface area contributed by atoms with Gasteiger partial charge >= 0.3 is 0 Å². The molecule has 0 aliphatic carbocycles. The van der Waals surface area contributed by atoms with Gasteiger partial charge in [-0.25, -0.2) is 9.97 Å². The predicted octanol–water partition coefficient (Wildman–Crippen LogP) is 2.04. The highest BCUT2D eigenvalue weighted by atomic mass is 35.5. The first-order valence-electron chi connectivity index (χ1n) is 7.31. The molecule has 1 aliphatic heterocycles. The van der Waals surface area contributed by atoms with Gasteiger partial charge in [-0.3, -0.25) is 4.79 Å². The Bertz CT molecular complexity index is 702. The summed E-state index contributed by atoms with van der Waals surface area (Å²) in [5.41, 5.74) is 6.41. The van der Waals surface area contributed by atoms with Gasteiger partial charge in [0.05, 0.1) is 13.1 Å². The van der Waals surface area contributed by atoms with Crippen LogP contribution in [0.2, 0.25) is 0 Å². The first kappa shape index (κ1) is 17.5. The Hall–Kier alpha value is -1.86. The van der Waals surface area contributed by atoms with Crippen molar-refractivity contribution >= 4 is 18.3 Å². The predicted molar refractivity (Wildman–Crippen MR) is 85.3 cm³/mol. The second kappa shape index (κ2) is 6.33. The van der Waals surface area contributed by atoms with E-state index in [0.29, 0.717) is 31.3 Å². The van der Waals surface area contributed by atoms with E-state index in [1.165, 1.54) is 6.26 Å². The minimum Gasteiger partial charge on any atom is -0.447 e. The van der Waals surface area contributed by atoms with Crippen LogP contribution >= 0.6 is 12.4 Å². The third-order valence-corrected chi connectivity index (χ3v) is 3.60. The van der Waals surface area contributed by atoms with Crippen LogP contribution in [-0.2, 0) is 24.9 Å². The molecule has 8 heteroatoms. The number of carbonyl (C=O) groups excluding carboxylic acids is 1. The lowest BCUT2D eigenvalue weighted by molar-refractivity contribution is 0.0721. The number of aromatic nitrogens is 2. The summed E-state index contributed by atoms with van der Waals surface area (Å²) in [7, 11) is 0. The zero-order valence-electron chi connectivity index (χ0n) is 13.5. The second-order valence-corrected chi connectivity index (χ2v) is 6.45. The molecule has 0 saturated carbocycles. The monoisotopic (exact) mass is 340 g/mol. The molecule has 0 unspecified atom stereocenters. The molecule has 2 aromatic rings. The molecule has 0 aromatic carbocycles. The fourth-order valence-corrected chi connectivity index (χ4v) is 2.36. The van der Waals surface area contributed by atoms with Crippen molar-refractivity contribution in [2.75, 3.05) is 6.54 Å². The van der Waals surface area contributed by atoms with E-state index >= 15 is 0 Å². The SMILES string of the molecule is CC(C)(C)c1nc2c(o1)CCN(C(=O)c1coc(CN)n1)C2.Cl. The quantitative estimate of drug-likeness (QED) is 0.898. The van der Waals surface area contributed by atoms with Crippen LogP contribution in [0.4, 0.5) is 0 Å². The topological polar surface area (TPSA) is 98.4 Å². The van der Waals surface area contributed by atoms with E-state index in [-0.39, 0.29) is 36.0 Å². The summed E-state index contributed by atoms with van der Waals surface area (Å²) < 4.78 is 11.0. The average Bonchev–Trinajstić information content (AvgIpc) is 3.11. The van der Waals surface area contributed by atoms with Gasteiger partial charge in [-0.2, -0.15) is 0 Å². The van der Waals surface area contributed by atoms with Gasteiger partial charge in [0.2, 0.25) is 5.89 Å². The van der Waals surface area contributed by atoms with Gasteiger partial charge in [-0.1, -0.05) is 20.8 Å². The van der Waals surface area contributed by atoms with E-state index in [1.807, 2.05) is 0 Å². The van der Waals surface area contributed by atoms with Crippen LogP contribution in [0.3, 0.4) is 0 Å². The lowest BCUT2D eigenvalue weighted by Crippen LogP contribution is -2.36. The standard InChI is InChI=1S/C15H20N4O3.ClH/c1-15(2,3)14-18-9-7-19(5-4-11(9)22-14)13(20)10-8-21-12(6-16)17-10;/h8H,4-7,16H2,1-3H3;1H. The molecule has 0 radical (unpaired) electrons. The fraction of sp³-hybridized carbons (Fsp3) is 0.533. The Morgan fingerprint density at radius 3 is 2.74 bits per heavy atom. The van der Waals surface area contributed by atoms with Crippen molar-refractivity contribution in [3.05, 3.63) is 35.2 Å². The van der Waals surface area contributed by atoms with Crippen molar-refractivity contribution in [1.82, 2.24) is 14.9 Å². The van der Waals surface area contributed by atoms with E-state index in [9.17, 15) is 4.79 Å². The van der Waals surface area contributed by atoms with E-state index in [0.717, 1.165) is 11.5 Å². The van der Waals surface area contributed by atoms with Gasteiger partial charge in [-0.15, -0.1) is 12.4 Å². The van der Waals surface area contributed by atoms with Crippen molar-refractivity contribution in [2.45, 2.75) is 45.7 Å². The fourth-order valence-electron chi connectivity index (χ4n) is 2.36. The number of hydrogen-bond donors (Lipinski definition) is 1. The van der Waals surface area contributed by atoms with Crippen LogP contribution in [0, 0.1) is 0 Å². The summed E-state index contributed by atoms with van der Waals surface area (Å²) in [6, 6.07) is 0. The summed E-state index contributed by atoms with van der Waals surface area (Å²) >= 11 is 0. The van der Waals surface area contributed by atoms with Crippen LogP contribution in [0.25, 0.3) is 0 Å². The molecule has 1 amide bonds. The third-order valence-electron chi connectivity index (χ3n) is 3.60. The van der Waals surface area contributed by atoms with Crippen molar-refractivity contribution in [3.8, 4) is 0 Å². The van der Waals surface area contributed by atoms with E-state index < -0.39 is 0 Å². The first-order chi connectivity index (χ1) is 10.4. The number of halogens is 1. The van der Waals surface area contributed by atoms with Crippen molar-refractivity contribution < 1.29 is 13.6 Å². The number of carbonyl (C=O) groups is 1.